The van der Waals surface area contributed by atoms with Gasteiger partial charge in [0.15, 0.2) is 0 Å². The fourth-order valence-electron chi connectivity index (χ4n) is 3.75. The van der Waals surface area contributed by atoms with Crippen molar-refractivity contribution in [2.24, 2.45) is 11.8 Å². The maximum atomic E-state index is 13.1. The van der Waals surface area contributed by atoms with Crippen molar-refractivity contribution in [1.29, 1.82) is 0 Å². The van der Waals surface area contributed by atoms with Crippen LogP contribution >= 0.6 is 0 Å². The van der Waals surface area contributed by atoms with Crippen LogP contribution < -0.4 is 10.2 Å². The highest BCUT2D eigenvalue weighted by atomic mass is 16.6. The number of ether oxygens (including phenoxy) is 2. The molecule has 0 aliphatic heterocycles. The molecule has 3 aromatic rings. The van der Waals surface area contributed by atoms with Gasteiger partial charge in [-0.05, 0) is 68.5 Å². The van der Waals surface area contributed by atoms with Gasteiger partial charge in [0.25, 0.3) is 5.69 Å². The van der Waals surface area contributed by atoms with E-state index in [-0.39, 0.29) is 34.7 Å². The van der Waals surface area contributed by atoms with E-state index in [4.69, 9.17) is 13.9 Å². The molecule has 3 rings (SSSR count). The molecule has 0 spiro atoms. The van der Waals surface area contributed by atoms with Crippen molar-refractivity contribution in [2.75, 3.05) is 0 Å². The average Bonchev–Trinajstić information content (AvgIpc) is 2.79. The van der Waals surface area contributed by atoms with Crippen LogP contribution in [0.3, 0.4) is 0 Å². The minimum absolute atomic E-state index is 0.0458. The first-order valence-corrected chi connectivity index (χ1v) is 11.6. The second-order valence-corrected chi connectivity index (χ2v) is 9.98. The van der Waals surface area contributed by atoms with Crippen molar-refractivity contribution in [3.05, 3.63) is 69.1 Å². The van der Waals surface area contributed by atoms with Gasteiger partial charge in [-0.15, -0.1) is 0 Å². The summed E-state index contributed by atoms with van der Waals surface area (Å²) in [5.74, 6) is -2.22. The van der Waals surface area contributed by atoms with E-state index >= 15 is 0 Å². The lowest BCUT2D eigenvalue weighted by molar-refractivity contribution is -0.384. The molecule has 190 valence electrons. The second kappa shape index (κ2) is 10.7. The summed E-state index contributed by atoms with van der Waals surface area (Å²) in [6.07, 6.45) is 1.28. The first-order chi connectivity index (χ1) is 16.8. The first-order valence-electron chi connectivity index (χ1n) is 11.6. The molecule has 0 bridgehead atoms. The summed E-state index contributed by atoms with van der Waals surface area (Å²) in [4.78, 5) is 48.8. The Kier molecular flexibility index (Phi) is 7.92. The monoisotopic (exact) mass is 495 g/mol. The zero-order chi connectivity index (χ0) is 26.6. The Morgan fingerprint density at radius 3 is 2.28 bits per heavy atom. The first kappa shape index (κ1) is 26.6. The lowest BCUT2D eigenvalue weighted by atomic mass is 9.94. The van der Waals surface area contributed by atoms with Crippen molar-refractivity contribution in [3.63, 3.8) is 0 Å². The van der Waals surface area contributed by atoms with E-state index in [0.29, 0.717) is 17.5 Å². The molecular formula is C27H29NO8. The van der Waals surface area contributed by atoms with Crippen molar-refractivity contribution in [3.8, 4) is 16.9 Å². The smallest absolute Gasteiger partial charge is 0.315 e. The van der Waals surface area contributed by atoms with Gasteiger partial charge < -0.3 is 13.9 Å². The molecule has 0 N–H and O–H groups in total. The van der Waals surface area contributed by atoms with Gasteiger partial charge in [0.05, 0.1) is 22.6 Å². The third-order valence-corrected chi connectivity index (χ3v) is 5.29. The van der Waals surface area contributed by atoms with E-state index < -0.39 is 33.8 Å². The Labute approximate surface area is 208 Å². The fraction of sp³-hybridized carbons (Fsp3) is 0.370. The molecule has 0 radical (unpaired) electrons. The van der Waals surface area contributed by atoms with Gasteiger partial charge in [-0.2, -0.15) is 0 Å². The molecule has 9 nitrogen and oxygen atoms in total. The molecule has 0 saturated carbocycles. The summed E-state index contributed by atoms with van der Waals surface area (Å²) in [5, 5.41) is 11.1. The number of hydrogen-bond donors (Lipinski definition) is 0. The van der Waals surface area contributed by atoms with E-state index in [1.165, 1.54) is 12.1 Å². The normalized spacial score (nSPS) is 12.4. The van der Waals surface area contributed by atoms with Crippen molar-refractivity contribution < 1.29 is 28.4 Å². The highest BCUT2D eigenvalue weighted by Crippen LogP contribution is 2.27. The quantitative estimate of drug-likeness (QED) is 0.222. The van der Waals surface area contributed by atoms with E-state index in [2.05, 4.69) is 0 Å². The predicted octanol–water partition coefficient (Wildman–Crippen LogP) is 5.67. The van der Waals surface area contributed by atoms with Crippen LogP contribution in [0.25, 0.3) is 22.1 Å². The zero-order valence-corrected chi connectivity index (χ0v) is 20.9. The van der Waals surface area contributed by atoms with Crippen LogP contribution in [0, 0.1) is 22.0 Å². The van der Waals surface area contributed by atoms with Gasteiger partial charge in [-0.1, -0.05) is 19.9 Å². The number of nitro groups is 1. The lowest BCUT2D eigenvalue weighted by Crippen LogP contribution is -2.30. The molecule has 1 atom stereocenters. The largest absolute Gasteiger partial charge is 0.460 e. The van der Waals surface area contributed by atoms with Crippen LogP contribution in [0.4, 0.5) is 5.69 Å². The van der Waals surface area contributed by atoms with E-state index in [9.17, 15) is 24.5 Å². The molecule has 9 heteroatoms. The van der Waals surface area contributed by atoms with E-state index in [1.54, 1.807) is 51.1 Å². The molecule has 1 unspecified atom stereocenters. The number of esters is 2. The van der Waals surface area contributed by atoms with Crippen molar-refractivity contribution >= 4 is 28.6 Å². The van der Waals surface area contributed by atoms with Gasteiger partial charge >= 0.3 is 11.9 Å². The van der Waals surface area contributed by atoms with Crippen LogP contribution in [0.15, 0.2) is 57.9 Å². The number of carbonyl (C=O) groups is 2. The molecule has 2 aromatic carbocycles. The van der Waals surface area contributed by atoms with Gasteiger partial charge in [0.1, 0.15) is 17.4 Å². The number of nitrogens with zero attached hydrogens (tertiary/aromatic N) is 1. The molecular weight excluding hydrogens is 466 g/mol. The van der Waals surface area contributed by atoms with Crippen molar-refractivity contribution in [2.45, 2.75) is 53.1 Å². The maximum Gasteiger partial charge on any atom is 0.315 e. The van der Waals surface area contributed by atoms with Gasteiger partial charge in [-0.25, -0.2) is 0 Å². The summed E-state index contributed by atoms with van der Waals surface area (Å²) >= 11 is 0. The summed E-state index contributed by atoms with van der Waals surface area (Å²) in [5.41, 5.74) is 0.307. The van der Waals surface area contributed by atoms with Crippen LogP contribution in [0.2, 0.25) is 0 Å². The topological polar surface area (TPSA) is 126 Å². The molecule has 0 saturated heterocycles. The number of rotatable bonds is 8. The van der Waals surface area contributed by atoms with Crippen LogP contribution in [-0.2, 0) is 14.3 Å². The van der Waals surface area contributed by atoms with Crippen molar-refractivity contribution in [1.82, 2.24) is 0 Å². The highest BCUT2D eigenvalue weighted by Gasteiger charge is 2.28. The Bertz CT molecular complexity index is 1330. The second-order valence-electron chi connectivity index (χ2n) is 9.98. The minimum atomic E-state index is -0.790. The zero-order valence-electron chi connectivity index (χ0n) is 20.9. The van der Waals surface area contributed by atoms with E-state index in [0.717, 1.165) is 6.26 Å². The molecule has 1 heterocycles. The number of benzene rings is 2. The molecule has 0 amide bonds. The number of non-ortho nitro benzene ring substituents is 1. The molecule has 36 heavy (non-hydrogen) atoms. The highest BCUT2D eigenvalue weighted by molar-refractivity contribution is 5.85. The third kappa shape index (κ3) is 6.78. The SMILES string of the molecule is CC(C)CC(CC(=O)OC(C)(C)C)C(=O)Oc1coc2ccc(-c3ccc([N+](=O)[O-])cc3)cc2c1=O. The average molecular weight is 496 g/mol. The summed E-state index contributed by atoms with van der Waals surface area (Å²) in [7, 11) is 0. The minimum Gasteiger partial charge on any atom is -0.460 e. The molecule has 0 aliphatic rings. The Morgan fingerprint density at radius 2 is 1.69 bits per heavy atom. The summed E-state index contributed by atoms with van der Waals surface area (Å²) < 4.78 is 16.3. The maximum absolute atomic E-state index is 13.1. The van der Waals surface area contributed by atoms with Crippen LogP contribution in [0.5, 0.6) is 5.75 Å². The lowest BCUT2D eigenvalue weighted by Gasteiger charge is -2.22. The summed E-state index contributed by atoms with van der Waals surface area (Å²) in [6.45, 7) is 9.06. The molecule has 0 aliphatic carbocycles. The Balaban J connectivity index is 1.87. The third-order valence-electron chi connectivity index (χ3n) is 5.29. The Morgan fingerprint density at radius 1 is 1.06 bits per heavy atom. The van der Waals surface area contributed by atoms with Gasteiger partial charge in [0.2, 0.25) is 11.2 Å². The molecule has 1 aromatic heterocycles. The summed E-state index contributed by atoms with van der Waals surface area (Å²) in [6, 6.07) is 10.8. The predicted molar refractivity (Wildman–Crippen MR) is 134 cm³/mol. The number of fused-ring (bicyclic) bond motifs is 1. The van der Waals surface area contributed by atoms with Gasteiger partial charge in [0, 0.05) is 12.1 Å². The number of hydrogen-bond acceptors (Lipinski definition) is 8. The fourth-order valence-corrected chi connectivity index (χ4v) is 3.75. The van der Waals surface area contributed by atoms with Crippen LogP contribution in [0.1, 0.15) is 47.5 Å². The number of nitro benzene ring substituents is 1. The van der Waals surface area contributed by atoms with Gasteiger partial charge in [-0.3, -0.25) is 24.5 Å². The number of carbonyl (C=O) groups excluding carboxylic acids is 2. The standard InChI is InChI=1S/C27H29NO8/c1-16(2)12-19(14-24(29)36-27(3,4)5)26(31)35-23-15-34-22-11-8-18(13-21(22)25(23)30)17-6-9-20(10-7-17)28(32)33/h6-11,13,15-16,19H,12,14H2,1-5H3. The Hall–Kier alpha value is -4.01. The van der Waals surface area contributed by atoms with Crippen LogP contribution in [-0.4, -0.2) is 22.5 Å². The van der Waals surface area contributed by atoms with E-state index in [1.807, 2.05) is 13.8 Å². The molecule has 0 fully saturated rings.